The number of amides is 1. The predicted octanol–water partition coefficient (Wildman–Crippen LogP) is 2.94. The van der Waals surface area contributed by atoms with Crippen LogP contribution in [0.4, 0.5) is 23.1 Å². The van der Waals surface area contributed by atoms with Crippen molar-refractivity contribution in [3.8, 4) is 0 Å². The molecule has 1 fully saturated rings. The van der Waals surface area contributed by atoms with Gasteiger partial charge in [-0.25, -0.2) is 4.98 Å². The quantitative estimate of drug-likeness (QED) is 0.355. The molecule has 35 heavy (non-hydrogen) atoms. The first-order valence-electron chi connectivity index (χ1n) is 11.9. The van der Waals surface area contributed by atoms with Crippen molar-refractivity contribution < 1.29 is 9.90 Å². The molecule has 2 aromatic carbocycles. The molecule has 9 heteroatoms. The van der Waals surface area contributed by atoms with E-state index in [1.807, 2.05) is 54.6 Å². The lowest BCUT2D eigenvalue weighted by molar-refractivity contribution is -0.116. The lowest BCUT2D eigenvalue weighted by atomic mass is 10.1. The van der Waals surface area contributed by atoms with Gasteiger partial charge in [0.25, 0.3) is 0 Å². The first-order valence-corrected chi connectivity index (χ1v) is 11.9. The Bertz CT molecular complexity index is 1070. The third-order valence-corrected chi connectivity index (χ3v) is 5.99. The number of piperazine rings is 1. The van der Waals surface area contributed by atoms with E-state index in [4.69, 9.17) is 0 Å². The van der Waals surface area contributed by atoms with Gasteiger partial charge in [-0.3, -0.25) is 4.79 Å². The fourth-order valence-corrected chi connectivity index (χ4v) is 3.83. The van der Waals surface area contributed by atoms with Crippen LogP contribution in [0.1, 0.15) is 18.1 Å². The largest absolute Gasteiger partial charge is 0.387 e. The lowest BCUT2D eigenvalue weighted by Gasteiger charge is -2.32. The molecule has 1 atom stereocenters. The van der Waals surface area contributed by atoms with Crippen molar-refractivity contribution in [3.05, 3.63) is 72.4 Å². The fraction of sp³-hybridized carbons (Fsp3) is 0.346. The minimum atomic E-state index is -0.633. The molecule has 2 heterocycles. The molecule has 0 spiro atoms. The van der Waals surface area contributed by atoms with Crippen LogP contribution in [0, 0.1) is 0 Å². The van der Waals surface area contributed by atoms with Crippen LogP contribution in [0.25, 0.3) is 0 Å². The number of benzene rings is 2. The van der Waals surface area contributed by atoms with Gasteiger partial charge in [0.1, 0.15) is 5.82 Å². The maximum absolute atomic E-state index is 12.3. The van der Waals surface area contributed by atoms with Crippen molar-refractivity contribution in [1.82, 2.24) is 19.8 Å². The first-order chi connectivity index (χ1) is 17.0. The number of carbonyl (C=O) groups excluding carboxylic acids is 1. The molecular formula is C26H33N7O2. The Morgan fingerprint density at radius 1 is 1.00 bits per heavy atom. The van der Waals surface area contributed by atoms with Gasteiger partial charge >= 0.3 is 0 Å². The van der Waals surface area contributed by atoms with Gasteiger partial charge in [0.2, 0.25) is 11.9 Å². The molecule has 3 aromatic rings. The van der Waals surface area contributed by atoms with Crippen LogP contribution in [0.15, 0.2) is 66.9 Å². The zero-order valence-corrected chi connectivity index (χ0v) is 20.0. The fourth-order valence-electron chi connectivity index (χ4n) is 3.83. The molecule has 1 aromatic heterocycles. The molecule has 1 aliphatic heterocycles. The van der Waals surface area contributed by atoms with Crippen molar-refractivity contribution in [3.63, 3.8) is 0 Å². The third kappa shape index (κ3) is 7.74. The van der Waals surface area contributed by atoms with Gasteiger partial charge < -0.3 is 30.9 Å². The number of anilines is 4. The van der Waals surface area contributed by atoms with E-state index >= 15 is 0 Å². The van der Waals surface area contributed by atoms with Crippen molar-refractivity contribution in [2.75, 3.05) is 62.3 Å². The maximum atomic E-state index is 12.3. The smallest absolute Gasteiger partial charge is 0.229 e. The zero-order chi connectivity index (χ0) is 24.5. The second kappa shape index (κ2) is 12.3. The number of nitrogens with one attached hydrogen (secondary N) is 3. The average Bonchev–Trinajstić information content (AvgIpc) is 2.89. The Hall–Kier alpha value is -3.53. The summed E-state index contributed by atoms with van der Waals surface area (Å²) in [6, 6.07) is 18.7. The summed E-state index contributed by atoms with van der Waals surface area (Å²) < 4.78 is 0. The molecular weight excluding hydrogens is 442 g/mol. The van der Waals surface area contributed by atoms with Crippen molar-refractivity contribution in [2.24, 2.45) is 0 Å². The highest BCUT2D eigenvalue weighted by molar-refractivity contribution is 5.91. The summed E-state index contributed by atoms with van der Waals surface area (Å²) in [5.41, 5.74) is 2.41. The Labute approximate surface area is 206 Å². The topological polar surface area (TPSA) is 106 Å². The molecule has 4 rings (SSSR count). The van der Waals surface area contributed by atoms with Crippen LogP contribution < -0.4 is 16.0 Å². The molecule has 1 aliphatic rings. The molecule has 0 aliphatic carbocycles. The average molecular weight is 476 g/mol. The highest BCUT2D eigenvalue weighted by atomic mass is 16.3. The second-order valence-corrected chi connectivity index (χ2v) is 8.72. The number of hydrogen-bond acceptors (Lipinski definition) is 8. The van der Waals surface area contributed by atoms with Gasteiger partial charge in [0, 0.05) is 63.3 Å². The second-order valence-electron chi connectivity index (χ2n) is 8.72. The predicted molar refractivity (Wildman–Crippen MR) is 139 cm³/mol. The summed E-state index contributed by atoms with van der Waals surface area (Å²) in [7, 11) is 2.13. The number of aliphatic hydroxyl groups is 1. The van der Waals surface area contributed by atoms with E-state index in [1.54, 1.807) is 12.3 Å². The third-order valence-electron chi connectivity index (χ3n) is 5.99. The highest BCUT2D eigenvalue weighted by Crippen LogP contribution is 2.18. The van der Waals surface area contributed by atoms with Crippen LogP contribution in [-0.2, 0) is 4.79 Å². The standard InChI is InChI=1S/C26H33N7O2/c1-32-15-17-33(18-16-32)14-12-25(35)29-21-7-9-22(10-8-21)30-26-27-13-11-24(31-26)28-19-23(34)20-5-3-2-4-6-20/h2-11,13,23,34H,12,14-19H2,1H3,(H,29,35)(H2,27,28,30,31). The van der Waals surface area contributed by atoms with Crippen molar-refractivity contribution in [2.45, 2.75) is 12.5 Å². The molecule has 0 saturated carbocycles. The molecule has 0 bridgehead atoms. The Kier molecular flexibility index (Phi) is 8.61. The van der Waals surface area contributed by atoms with Crippen LogP contribution in [-0.4, -0.2) is 77.1 Å². The highest BCUT2D eigenvalue weighted by Gasteiger charge is 2.14. The molecule has 1 saturated heterocycles. The van der Waals surface area contributed by atoms with Gasteiger partial charge in [-0.1, -0.05) is 30.3 Å². The zero-order valence-electron chi connectivity index (χ0n) is 20.0. The Morgan fingerprint density at radius 3 is 2.46 bits per heavy atom. The number of carbonyl (C=O) groups is 1. The first kappa shape index (κ1) is 24.6. The van der Waals surface area contributed by atoms with E-state index in [9.17, 15) is 9.90 Å². The van der Waals surface area contributed by atoms with Crippen LogP contribution in [0.2, 0.25) is 0 Å². The number of aromatic nitrogens is 2. The van der Waals surface area contributed by atoms with Gasteiger partial charge in [-0.05, 0) is 42.9 Å². The maximum Gasteiger partial charge on any atom is 0.229 e. The van der Waals surface area contributed by atoms with Gasteiger partial charge in [-0.2, -0.15) is 4.98 Å². The van der Waals surface area contributed by atoms with E-state index in [0.717, 1.165) is 49.7 Å². The normalized spacial score (nSPS) is 15.4. The number of rotatable bonds is 10. The summed E-state index contributed by atoms with van der Waals surface area (Å²) in [5.74, 6) is 1.07. The van der Waals surface area contributed by atoms with E-state index in [0.29, 0.717) is 24.7 Å². The molecule has 4 N–H and O–H groups in total. The van der Waals surface area contributed by atoms with Gasteiger partial charge in [0.05, 0.1) is 6.10 Å². The minimum absolute atomic E-state index is 0.0180. The number of hydrogen-bond donors (Lipinski definition) is 4. The van der Waals surface area contributed by atoms with Gasteiger partial charge in [0.15, 0.2) is 0 Å². The van der Waals surface area contributed by atoms with E-state index in [-0.39, 0.29) is 5.91 Å². The summed E-state index contributed by atoms with van der Waals surface area (Å²) in [5, 5.41) is 19.6. The summed E-state index contributed by atoms with van der Waals surface area (Å²) >= 11 is 0. The van der Waals surface area contributed by atoms with E-state index < -0.39 is 6.10 Å². The van der Waals surface area contributed by atoms with E-state index in [1.165, 1.54) is 0 Å². The van der Waals surface area contributed by atoms with Crippen molar-refractivity contribution >= 4 is 29.0 Å². The summed E-state index contributed by atoms with van der Waals surface area (Å²) in [6.45, 7) is 5.24. The summed E-state index contributed by atoms with van der Waals surface area (Å²) in [4.78, 5) is 25.7. The molecule has 184 valence electrons. The monoisotopic (exact) mass is 475 g/mol. The molecule has 0 radical (unpaired) electrons. The number of nitrogens with zero attached hydrogens (tertiary/aromatic N) is 4. The Balaban J connectivity index is 1.23. The molecule has 1 unspecified atom stereocenters. The van der Waals surface area contributed by atoms with Gasteiger partial charge in [-0.15, -0.1) is 0 Å². The Morgan fingerprint density at radius 2 is 1.71 bits per heavy atom. The van der Waals surface area contributed by atoms with E-state index in [2.05, 4.69) is 42.8 Å². The van der Waals surface area contributed by atoms with Crippen LogP contribution in [0.5, 0.6) is 0 Å². The van der Waals surface area contributed by atoms with Crippen LogP contribution in [0.3, 0.4) is 0 Å². The molecule has 1 amide bonds. The summed E-state index contributed by atoms with van der Waals surface area (Å²) in [6.07, 6.45) is 1.50. The number of aliphatic hydroxyl groups excluding tert-OH is 1. The lowest BCUT2D eigenvalue weighted by Crippen LogP contribution is -2.45. The minimum Gasteiger partial charge on any atom is -0.387 e. The van der Waals surface area contributed by atoms with Crippen LogP contribution >= 0.6 is 0 Å². The molecule has 9 nitrogen and oxygen atoms in total. The SMILES string of the molecule is CN1CCN(CCC(=O)Nc2ccc(Nc3nccc(NCC(O)c4ccccc4)n3)cc2)CC1. The van der Waals surface area contributed by atoms with Crippen molar-refractivity contribution in [1.29, 1.82) is 0 Å². The number of likely N-dealkylation sites (N-methyl/N-ethyl adjacent to an activating group) is 1.